The lowest BCUT2D eigenvalue weighted by molar-refractivity contribution is 0.140. The third-order valence-electron chi connectivity index (χ3n) is 1.91. The van der Waals surface area contributed by atoms with Gasteiger partial charge < -0.3 is 4.74 Å². The van der Waals surface area contributed by atoms with E-state index in [2.05, 4.69) is 20.8 Å². The smallest absolute Gasteiger partial charge is 0.0752 e. The van der Waals surface area contributed by atoms with Gasteiger partial charge in [0.1, 0.15) is 0 Å². The zero-order chi connectivity index (χ0) is 9.19. The second-order valence-corrected chi connectivity index (χ2v) is 6.80. The van der Waals surface area contributed by atoms with Crippen LogP contribution in [-0.4, -0.2) is 29.3 Å². The SMILES string of the molecule is COC1CSC(C(C)(C)C)SC1. The number of methoxy groups -OCH3 is 1. The van der Waals surface area contributed by atoms with Crippen LogP contribution in [0.3, 0.4) is 0 Å². The minimum absolute atomic E-state index is 0.425. The Morgan fingerprint density at radius 1 is 1.17 bits per heavy atom. The van der Waals surface area contributed by atoms with Crippen molar-refractivity contribution >= 4 is 23.5 Å². The van der Waals surface area contributed by atoms with Crippen molar-refractivity contribution < 1.29 is 4.74 Å². The summed E-state index contributed by atoms with van der Waals surface area (Å²) >= 11 is 4.08. The number of hydrogen-bond donors (Lipinski definition) is 0. The van der Waals surface area contributed by atoms with Gasteiger partial charge in [-0.3, -0.25) is 0 Å². The molecule has 1 aliphatic heterocycles. The van der Waals surface area contributed by atoms with Gasteiger partial charge in [0.15, 0.2) is 0 Å². The number of ether oxygens (including phenoxy) is 1. The predicted molar refractivity (Wildman–Crippen MR) is 59.0 cm³/mol. The van der Waals surface area contributed by atoms with Crippen molar-refractivity contribution in [3.8, 4) is 0 Å². The maximum absolute atomic E-state index is 5.31. The standard InChI is InChI=1S/C9H18OS2/c1-9(2,3)8-11-5-7(10-4)6-12-8/h7-8H,5-6H2,1-4H3. The number of hydrogen-bond acceptors (Lipinski definition) is 3. The first-order valence-corrected chi connectivity index (χ1v) is 6.40. The van der Waals surface area contributed by atoms with E-state index >= 15 is 0 Å². The summed E-state index contributed by atoms with van der Waals surface area (Å²) in [5, 5.41) is 0. The highest BCUT2D eigenvalue weighted by atomic mass is 32.2. The molecule has 3 heteroatoms. The van der Waals surface area contributed by atoms with E-state index in [1.165, 1.54) is 0 Å². The summed E-state index contributed by atoms with van der Waals surface area (Å²) in [4.78, 5) is 0. The molecule has 1 saturated heterocycles. The van der Waals surface area contributed by atoms with Crippen molar-refractivity contribution in [2.75, 3.05) is 18.6 Å². The van der Waals surface area contributed by atoms with Crippen molar-refractivity contribution in [3.63, 3.8) is 0 Å². The van der Waals surface area contributed by atoms with E-state index in [1.807, 2.05) is 30.6 Å². The van der Waals surface area contributed by atoms with Crippen molar-refractivity contribution in [1.29, 1.82) is 0 Å². The predicted octanol–water partition coefficient (Wildman–Crippen LogP) is 2.85. The monoisotopic (exact) mass is 206 g/mol. The summed E-state index contributed by atoms with van der Waals surface area (Å²) in [5.74, 6) is 2.32. The first-order chi connectivity index (χ1) is 5.54. The van der Waals surface area contributed by atoms with Crippen molar-refractivity contribution in [2.24, 2.45) is 5.41 Å². The zero-order valence-corrected chi connectivity index (χ0v) is 9.93. The summed E-state index contributed by atoms with van der Waals surface area (Å²) in [7, 11) is 1.81. The Bertz CT molecular complexity index is 134. The van der Waals surface area contributed by atoms with Gasteiger partial charge in [-0.25, -0.2) is 0 Å². The molecule has 0 radical (unpaired) electrons. The maximum Gasteiger partial charge on any atom is 0.0752 e. The molecule has 0 bridgehead atoms. The molecule has 0 amide bonds. The highest BCUT2D eigenvalue weighted by molar-refractivity contribution is 8.17. The van der Waals surface area contributed by atoms with Crippen molar-refractivity contribution in [1.82, 2.24) is 0 Å². The second-order valence-electron chi connectivity index (χ2n) is 4.22. The molecule has 1 rings (SSSR count). The fraction of sp³-hybridized carbons (Fsp3) is 1.00. The summed E-state index contributed by atoms with van der Waals surface area (Å²) in [6, 6.07) is 0. The largest absolute Gasteiger partial charge is 0.380 e. The first-order valence-electron chi connectivity index (χ1n) is 4.30. The van der Waals surface area contributed by atoms with Crippen LogP contribution in [-0.2, 0) is 4.74 Å². The van der Waals surface area contributed by atoms with Crippen LogP contribution in [0, 0.1) is 5.41 Å². The van der Waals surface area contributed by atoms with Gasteiger partial charge in [-0.1, -0.05) is 20.8 Å². The molecule has 0 aliphatic carbocycles. The highest BCUT2D eigenvalue weighted by Crippen LogP contribution is 2.42. The van der Waals surface area contributed by atoms with Crippen LogP contribution in [0.2, 0.25) is 0 Å². The van der Waals surface area contributed by atoms with Crippen LogP contribution >= 0.6 is 23.5 Å². The summed E-state index contributed by atoms with van der Waals surface area (Å²) < 4.78 is 6.05. The molecule has 1 aliphatic rings. The molecule has 0 atom stereocenters. The molecule has 0 aromatic heterocycles. The minimum atomic E-state index is 0.425. The fourth-order valence-corrected chi connectivity index (χ4v) is 4.41. The molecular weight excluding hydrogens is 188 g/mol. The Morgan fingerprint density at radius 3 is 2.00 bits per heavy atom. The normalized spacial score (nSPS) is 32.0. The molecule has 1 fully saturated rings. The van der Waals surface area contributed by atoms with Crippen molar-refractivity contribution in [3.05, 3.63) is 0 Å². The summed E-state index contributed by atoms with van der Waals surface area (Å²) in [6.07, 6.45) is 0.471. The maximum atomic E-state index is 5.31. The average molecular weight is 206 g/mol. The van der Waals surface area contributed by atoms with Gasteiger partial charge in [0.05, 0.1) is 10.7 Å². The van der Waals surface area contributed by atoms with E-state index in [-0.39, 0.29) is 0 Å². The molecule has 0 saturated carbocycles. The molecule has 0 N–H and O–H groups in total. The van der Waals surface area contributed by atoms with Gasteiger partial charge in [0.2, 0.25) is 0 Å². The topological polar surface area (TPSA) is 9.23 Å². The lowest BCUT2D eigenvalue weighted by Gasteiger charge is -2.35. The first kappa shape index (κ1) is 10.7. The van der Waals surface area contributed by atoms with Crippen LogP contribution in [0.25, 0.3) is 0 Å². The Hall–Kier alpha value is 0.660. The molecule has 72 valence electrons. The van der Waals surface area contributed by atoms with E-state index in [9.17, 15) is 0 Å². The van der Waals surface area contributed by atoms with Gasteiger partial charge in [-0.15, -0.1) is 23.5 Å². The van der Waals surface area contributed by atoms with E-state index in [4.69, 9.17) is 4.74 Å². The van der Waals surface area contributed by atoms with Crippen LogP contribution in [0.4, 0.5) is 0 Å². The molecular formula is C9H18OS2. The van der Waals surface area contributed by atoms with Gasteiger partial charge in [-0.05, 0) is 5.41 Å². The van der Waals surface area contributed by atoms with E-state index in [0.717, 1.165) is 16.1 Å². The van der Waals surface area contributed by atoms with Crippen LogP contribution in [0.1, 0.15) is 20.8 Å². The fourth-order valence-electron chi connectivity index (χ4n) is 1.12. The highest BCUT2D eigenvalue weighted by Gasteiger charge is 2.30. The Morgan fingerprint density at radius 2 is 1.67 bits per heavy atom. The molecule has 0 aromatic carbocycles. The molecule has 0 aromatic rings. The Kier molecular flexibility index (Phi) is 3.80. The van der Waals surface area contributed by atoms with E-state index < -0.39 is 0 Å². The molecule has 1 heterocycles. The summed E-state index contributed by atoms with van der Waals surface area (Å²) in [6.45, 7) is 6.93. The van der Waals surface area contributed by atoms with E-state index in [1.54, 1.807) is 0 Å². The van der Waals surface area contributed by atoms with Crippen LogP contribution < -0.4 is 0 Å². The van der Waals surface area contributed by atoms with E-state index in [0.29, 0.717) is 11.5 Å². The van der Waals surface area contributed by atoms with Crippen molar-refractivity contribution in [2.45, 2.75) is 31.5 Å². The van der Waals surface area contributed by atoms with Crippen LogP contribution in [0.15, 0.2) is 0 Å². The van der Waals surface area contributed by atoms with Gasteiger partial charge in [0.25, 0.3) is 0 Å². The molecule has 12 heavy (non-hydrogen) atoms. The van der Waals surface area contributed by atoms with Gasteiger partial charge in [0, 0.05) is 18.6 Å². The number of rotatable bonds is 1. The van der Waals surface area contributed by atoms with Gasteiger partial charge >= 0.3 is 0 Å². The number of thioether (sulfide) groups is 2. The quantitative estimate of drug-likeness (QED) is 0.653. The van der Waals surface area contributed by atoms with Gasteiger partial charge in [-0.2, -0.15) is 0 Å². The molecule has 0 unspecified atom stereocenters. The molecule has 1 nitrogen and oxygen atoms in total. The Labute approximate surface area is 84.0 Å². The third-order valence-corrected chi connectivity index (χ3v) is 5.87. The lowest BCUT2D eigenvalue weighted by Crippen LogP contribution is -2.30. The van der Waals surface area contributed by atoms with Crippen LogP contribution in [0.5, 0.6) is 0 Å². The second kappa shape index (κ2) is 4.25. The third kappa shape index (κ3) is 2.86. The minimum Gasteiger partial charge on any atom is -0.380 e. The Balaban J connectivity index is 2.36. The lowest BCUT2D eigenvalue weighted by atomic mass is 10.0. The average Bonchev–Trinajstić information content (AvgIpc) is 2.03. The summed E-state index contributed by atoms with van der Waals surface area (Å²) in [5.41, 5.74) is 0.425. The zero-order valence-electron chi connectivity index (χ0n) is 8.29. The molecule has 0 spiro atoms.